The maximum atomic E-state index is 13.1. The van der Waals surface area contributed by atoms with Crippen LogP contribution >= 0.6 is 0 Å². The van der Waals surface area contributed by atoms with Crippen molar-refractivity contribution >= 4 is 5.97 Å². The molecular weight excluding hydrogens is 396 g/mol. The van der Waals surface area contributed by atoms with Gasteiger partial charge in [0.05, 0.1) is 23.5 Å². The van der Waals surface area contributed by atoms with Crippen LogP contribution in [-0.4, -0.2) is 77.9 Å². The predicted molar refractivity (Wildman–Crippen MR) is 104 cm³/mol. The van der Waals surface area contributed by atoms with Gasteiger partial charge in [-0.1, -0.05) is 26.0 Å². The van der Waals surface area contributed by atoms with Gasteiger partial charge >= 0.3 is 5.97 Å². The summed E-state index contributed by atoms with van der Waals surface area (Å²) in [7, 11) is 6.10. The first-order valence-corrected chi connectivity index (χ1v) is 10.1. The van der Waals surface area contributed by atoms with Crippen molar-refractivity contribution in [3.63, 3.8) is 0 Å². The summed E-state index contributed by atoms with van der Waals surface area (Å²) in [6, 6.07) is 0. The Kier molecular flexibility index (Phi) is 7.23. The van der Waals surface area contributed by atoms with Gasteiger partial charge in [-0.05, 0) is 17.8 Å². The highest BCUT2D eigenvalue weighted by Crippen LogP contribution is 2.65. The van der Waals surface area contributed by atoms with Crippen LogP contribution in [0.25, 0.3) is 0 Å². The van der Waals surface area contributed by atoms with Crippen LogP contribution in [0.3, 0.4) is 0 Å². The summed E-state index contributed by atoms with van der Waals surface area (Å²) >= 11 is 0. The second-order valence-electron chi connectivity index (χ2n) is 8.84. The topological polar surface area (TPSA) is 102 Å². The number of carbonyl (C=O) groups excluding carboxylic acids is 1. The molecule has 1 aliphatic heterocycles. The van der Waals surface area contributed by atoms with Gasteiger partial charge in [0.25, 0.3) is 0 Å². The highest BCUT2D eigenvalue weighted by molar-refractivity contribution is 5.78. The van der Waals surface area contributed by atoms with Crippen LogP contribution < -0.4 is 0 Å². The third kappa shape index (κ3) is 3.60. The highest BCUT2D eigenvalue weighted by atomic mass is 16.7. The normalized spacial score (nSPS) is 39.7. The Bertz CT molecular complexity index is 632. The summed E-state index contributed by atoms with van der Waals surface area (Å²) in [4.78, 5) is 13.1. The van der Waals surface area contributed by atoms with E-state index < -0.39 is 48.0 Å². The van der Waals surface area contributed by atoms with Crippen LogP contribution in [0, 0.1) is 28.6 Å². The summed E-state index contributed by atoms with van der Waals surface area (Å²) in [5.74, 6) is -1.93. The van der Waals surface area contributed by atoms with Crippen LogP contribution in [0.5, 0.6) is 0 Å². The number of hydrogen-bond donors (Lipinski definition) is 1. The van der Waals surface area contributed by atoms with E-state index in [1.807, 2.05) is 12.2 Å². The van der Waals surface area contributed by atoms with Crippen LogP contribution in [0.2, 0.25) is 0 Å². The number of carbonyl (C=O) groups is 1. The zero-order chi connectivity index (χ0) is 22.1. The van der Waals surface area contributed by atoms with E-state index >= 15 is 0 Å². The number of rotatable bonds is 9. The first-order valence-electron chi connectivity index (χ1n) is 10.1. The van der Waals surface area contributed by atoms with E-state index in [2.05, 4.69) is 13.8 Å². The van der Waals surface area contributed by atoms with Crippen molar-refractivity contribution in [1.82, 2.24) is 0 Å². The number of hydrogen-bond acceptors (Lipinski definition) is 9. The number of esters is 1. The van der Waals surface area contributed by atoms with Gasteiger partial charge in [0.2, 0.25) is 6.29 Å². The van der Waals surface area contributed by atoms with E-state index in [9.17, 15) is 9.90 Å². The monoisotopic (exact) mass is 430 g/mol. The van der Waals surface area contributed by atoms with Gasteiger partial charge in [0.1, 0.15) is 13.6 Å². The fourth-order valence-corrected chi connectivity index (χ4v) is 5.86. The van der Waals surface area contributed by atoms with Crippen molar-refractivity contribution in [3.05, 3.63) is 12.2 Å². The van der Waals surface area contributed by atoms with Crippen molar-refractivity contribution in [2.45, 2.75) is 45.1 Å². The Morgan fingerprint density at radius 3 is 2.33 bits per heavy atom. The molecule has 1 N–H and O–H groups in total. The predicted octanol–water partition coefficient (Wildman–Crippen LogP) is 1.29. The molecule has 1 saturated carbocycles. The van der Waals surface area contributed by atoms with Crippen molar-refractivity contribution in [1.29, 1.82) is 0 Å². The van der Waals surface area contributed by atoms with E-state index in [0.717, 1.165) is 0 Å². The van der Waals surface area contributed by atoms with E-state index in [1.165, 1.54) is 21.3 Å². The number of aliphatic hydroxyl groups excluding tert-OH is 1. The van der Waals surface area contributed by atoms with Gasteiger partial charge in [0.15, 0.2) is 6.29 Å². The minimum Gasteiger partial charge on any atom is -0.435 e. The summed E-state index contributed by atoms with van der Waals surface area (Å²) in [6.07, 6.45) is 1.42. The fraction of sp³-hybridized carbons (Fsp3) is 0.857. The van der Waals surface area contributed by atoms with Gasteiger partial charge in [0, 0.05) is 34.4 Å². The molecule has 0 aromatic rings. The SMILES string of the molecule is COCO[C@H]1CC(C)(C)[C@@H]2C=C[C@H](C(OC)OC)[C@@H]3C(=O)OC(O)[C@]32[C@H]1OCOC. The molecule has 1 saturated heterocycles. The Morgan fingerprint density at radius 2 is 1.73 bits per heavy atom. The Hall–Kier alpha value is -1.07. The Balaban J connectivity index is 2.17. The third-order valence-electron chi connectivity index (χ3n) is 6.84. The van der Waals surface area contributed by atoms with Crippen molar-refractivity contribution in [2.24, 2.45) is 28.6 Å². The van der Waals surface area contributed by atoms with Crippen LogP contribution in [0.15, 0.2) is 12.2 Å². The standard InChI is InChI=1S/C21H34O9/c1-20(2)9-13(28-10-24-3)16(29-11-25-4)21-14(20)8-7-12(18(26-5)27-6)15(21)17(22)30-19(21)23/h7-8,12-16,18-19,23H,9-11H2,1-6H3/t12-,13-,14-,15+,16-,19?,21-/m0/s1. The minimum atomic E-state index is -1.38. The maximum Gasteiger partial charge on any atom is 0.313 e. The molecule has 9 heteroatoms. The zero-order valence-electron chi connectivity index (χ0n) is 18.5. The van der Waals surface area contributed by atoms with Crippen molar-refractivity contribution < 1.29 is 43.1 Å². The van der Waals surface area contributed by atoms with E-state index in [-0.39, 0.29) is 24.9 Å². The Labute approximate surface area is 177 Å². The second-order valence-corrected chi connectivity index (χ2v) is 8.84. The van der Waals surface area contributed by atoms with Gasteiger partial charge < -0.3 is 38.3 Å². The fourth-order valence-electron chi connectivity index (χ4n) is 5.86. The average molecular weight is 430 g/mol. The van der Waals surface area contributed by atoms with Gasteiger partial charge in [-0.15, -0.1) is 0 Å². The number of allylic oxidation sites excluding steroid dienone is 1. The molecule has 0 aromatic heterocycles. The zero-order valence-corrected chi connectivity index (χ0v) is 18.5. The quantitative estimate of drug-likeness (QED) is 0.329. The molecule has 172 valence electrons. The number of methoxy groups -OCH3 is 4. The lowest BCUT2D eigenvalue weighted by Gasteiger charge is -2.59. The summed E-state index contributed by atoms with van der Waals surface area (Å²) in [6.45, 7) is 4.22. The molecule has 1 unspecified atom stereocenters. The molecule has 1 spiro atoms. The van der Waals surface area contributed by atoms with Crippen molar-refractivity contribution in [2.75, 3.05) is 42.0 Å². The molecular formula is C21H34O9. The Morgan fingerprint density at radius 1 is 1.10 bits per heavy atom. The van der Waals surface area contributed by atoms with Crippen LogP contribution in [0.1, 0.15) is 20.3 Å². The largest absolute Gasteiger partial charge is 0.435 e. The molecule has 0 aromatic carbocycles. The smallest absolute Gasteiger partial charge is 0.313 e. The summed E-state index contributed by atoms with van der Waals surface area (Å²) in [5.41, 5.74) is -1.43. The molecule has 0 radical (unpaired) electrons. The number of cyclic esters (lactones) is 1. The average Bonchev–Trinajstić information content (AvgIpc) is 2.97. The molecule has 0 amide bonds. The number of ether oxygens (including phenoxy) is 7. The minimum absolute atomic E-state index is 0.0214. The molecule has 2 aliphatic carbocycles. The van der Waals surface area contributed by atoms with Gasteiger partial charge in [-0.2, -0.15) is 0 Å². The lowest BCUT2D eigenvalue weighted by molar-refractivity contribution is -0.290. The molecule has 9 nitrogen and oxygen atoms in total. The first-order chi connectivity index (χ1) is 14.3. The van der Waals surface area contributed by atoms with Crippen molar-refractivity contribution in [3.8, 4) is 0 Å². The molecule has 1 heterocycles. The molecule has 2 fully saturated rings. The van der Waals surface area contributed by atoms with E-state index in [0.29, 0.717) is 6.42 Å². The lowest BCUT2D eigenvalue weighted by atomic mass is 9.46. The summed E-state index contributed by atoms with van der Waals surface area (Å²) < 4.78 is 38.8. The number of aliphatic hydroxyl groups is 1. The van der Waals surface area contributed by atoms with E-state index in [1.54, 1.807) is 7.11 Å². The van der Waals surface area contributed by atoms with E-state index in [4.69, 9.17) is 33.2 Å². The lowest BCUT2D eigenvalue weighted by Crippen LogP contribution is -2.67. The third-order valence-corrected chi connectivity index (χ3v) is 6.84. The second kappa shape index (κ2) is 9.20. The molecule has 0 bridgehead atoms. The molecule has 3 rings (SSSR count). The molecule has 7 atom stereocenters. The maximum absolute atomic E-state index is 13.1. The van der Waals surface area contributed by atoms with Crippen LogP contribution in [0.4, 0.5) is 0 Å². The van der Waals surface area contributed by atoms with Gasteiger partial charge in [-0.3, -0.25) is 4.79 Å². The van der Waals surface area contributed by atoms with Crippen LogP contribution in [-0.2, 0) is 38.0 Å². The summed E-state index contributed by atoms with van der Waals surface area (Å²) in [5, 5.41) is 11.2. The first kappa shape index (κ1) is 23.6. The van der Waals surface area contributed by atoms with Gasteiger partial charge in [-0.25, -0.2) is 0 Å². The highest BCUT2D eigenvalue weighted by Gasteiger charge is 2.74. The molecule has 30 heavy (non-hydrogen) atoms. The molecule has 3 aliphatic rings.